The van der Waals surface area contributed by atoms with Gasteiger partial charge in [-0.05, 0) is 65.4 Å². The monoisotopic (exact) mass is 569 g/mol. The zero-order chi connectivity index (χ0) is 28.2. The maximum absolute atomic E-state index is 11.9. The van der Waals surface area contributed by atoms with Gasteiger partial charge in [0.05, 0.1) is 11.8 Å². The number of benzene rings is 3. The standard InChI is InChI=1S/C31H31N5O4S/c37-28(25-5-4-16-32-18-25)20-33-19-27-14-12-24-17-23(13-15-29(24)40-27)21-8-10-22(11-9-21)30-34-35(36(41-30)31(38)39)26-6-2-1-3-7-26/h1-11,13,15-18,27-28,30,33-34,37H,12,14,19-20H2,(H,38,39)/t27-,28+,30?/m1/s1. The first kappa shape index (κ1) is 27.1. The summed E-state index contributed by atoms with van der Waals surface area (Å²) in [6, 6.07) is 27.6. The lowest BCUT2D eigenvalue weighted by Gasteiger charge is -2.27. The summed E-state index contributed by atoms with van der Waals surface area (Å²) in [5, 5.41) is 24.7. The number of nitrogens with one attached hydrogen (secondary N) is 2. The van der Waals surface area contributed by atoms with Crippen LogP contribution in [0.3, 0.4) is 0 Å². The van der Waals surface area contributed by atoms with E-state index in [4.69, 9.17) is 4.74 Å². The highest BCUT2D eigenvalue weighted by Crippen LogP contribution is 2.39. The lowest BCUT2D eigenvalue weighted by molar-refractivity contribution is 0.146. The van der Waals surface area contributed by atoms with E-state index in [0.717, 1.165) is 46.5 Å². The SMILES string of the molecule is O=C(O)N1SC(c2ccc(-c3ccc4c(c3)CC[C@H](CNC[C@H](O)c3cccnc3)O4)cc2)NN1c1ccccc1. The predicted molar refractivity (Wildman–Crippen MR) is 159 cm³/mol. The largest absolute Gasteiger partial charge is 0.489 e. The third-order valence-corrected chi connectivity index (χ3v) is 8.31. The number of aliphatic hydroxyl groups excluding tert-OH is 1. The van der Waals surface area contributed by atoms with E-state index in [9.17, 15) is 15.0 Å². The zero-order valence-electron chi connectivity index (χ0n) is 22.3. The van der Waals surface area contributed by atoms with Gasteiger partial charge in [-0.2, -0.15) is 5.43 Å². The maximum Gasteiger partial charge on any atom is 0.438 e. The van der Waals surface area contributed by atoms with E-state index < -0.39 is 12.2 Å². The van der Waals surface area contributed by atoms with E-state index in [1.807, 2.05) is 60.7 Å². The van der Waals surface area contributed by atoms with Gasteiger partial charge in [-0.15, -0.1) is 4.41 Å². The number of amides is 1. The Hall–Kier alpha value is -4.09. The number of hydrazine groups is 2. The number of anilines is 1. The van der Waals surface area contributed by atoms with Crippen LogP contribution >= 0.6 is 11.9 Å². The van der Waals surface area contributed by atoms with Crippen molar-refractivity contribution in [2.75, 3.05) is 18.2 Å². The summed E-state index contributed by atoms with van der Waals surface area (Å²) in [7, 11) is 0. The van der Waals surface area contributed by atoms with Crippen LogP contribution in [0.5, 0.6) is 5.75 Å². The molecule has 1 unspecified atom stereocenters. The fourth-order valence-corrected chi connectivity index (χ4v) is 5.99. The van der Waals surface area contributed by atoms with Crippen LogP contribution in [-0.4, -0.2) is 44.9 Å². The molecule has 3 atom stereocenters. The minimum absolute atomic E-state index is 0.0472. The number of carboxylic acid groups (broad SMARTS) is 1. The highest BCUT2D eigenvalue weighted by Gasteiger charge is 2.36. The van der Waals surface area contributed by atoms with Crippen molar-refractivity contribution in [2.24, 2.45) is 0 Å². The molecule has 3 heterocycles. The van der Waals surface area contributed by atoms with Gasteiger partial charge in [0.1, 0.15) is 17.2 Å². The Labute approximate surface area is 242 Å². The summed E-state index contributed by atoms with van der Waals surface area (Å²) in [6.45, 7) is 1.11. The second-order valence-corrected chi connectivity index (χ2v) is 11.0. The van der Waals surface area contributed by atoms with Crippen LogP contribution in [0.25, 0.3) is 11.1 Å². The highest BCUT2D eigenvalue weighted by atomic mass is 32.2. The number of hydrogen-bond donors (Lipinski definition) is 4. The first-order valence-electron chi connectivity index (χ1n) is 13.5. The second-order valence-electron chi connectivity index (χ2n) is 10.0. The van der Waals surface area contributed by atoms with Gasteiger partial charge in [-0.1, -0.05) is 54.6 Å². The van der Waals surface area contributed by atoms with Gasteiger partial charge in [0, 0.05) is 43.0 Å². The fraction of sp³-hybridized carbons (Fsp3) is 0.226. The Morgan fingerprint density at radius 1 is 1.07 bits per heavy atom. The molecule has 1 saturated heterocycles. The van der Waals surface area contributed by atoms with Crippen molar-refractivity contribution in [3.8, 4) is 16.9 Å². The summed E-state index contributed by atoms with van der Waals surface area (Å²) < 4.78 is 7.46. The molecule has 3 aromatic carbocycles. The van der Waals surface area contributed by atoms with E-state index in [1.54, 1.807) is 17.5 Å². The molecule has 0 saturated carbocycles. The third-order valence-electron chi connectivity index (χ3n) is 7.21. The molecule has 0 aliphatic carbocycles. The molecule has 4 aromatic rings. The average Bonchev–Trinajstić information content (AvgIpc) is 3.48. The van der Waals surface area contributed by atoms with Gasteiger partial charge in [0.15, 0.2) is 0 Å². The van der Waals surface area contributed by atoms with Gasteiger partial charge in [0.2, 0.25) is 0 Å². The molecule has 41 heavy (non-hydrogen) atoms. The quantitative estimate of drug-likeness (QED) is 0.209. The van der Waals surface area contributed by atoms with E-state index in [1.165, 1.54) is 21.9 Å². The summed E-state index contributed by atoms with van der Waals surface area (Å²) in [5.74, 6) is 0.901. The molecular formula is C31H31N5O4S. The number of ether oxygens (including phenoxy) is 1. The maximum atomic E-state index is 11.9. The predicted octanol–water partition coefficient (Wildman–Crippen LogP) is 5.33. The van der Waals surface area contributed by atoms with Crippen molar-refractivity contribution in [3.63, 3.8) is 0 Å². The third kappa shape index (κ3) is 6.15. The number of fused-ring (bicyclic) bond motifs is 1. The molecule has 0 radical (unpaired) electrons. The van der Waals surface area contributed by atoms with E-state index in [-0.39, 0.29) is 11.5 Å². The number of hydrogen-bond acceptors (Lipinski definition) is 8. The Kier molecular flexibility index (Phi) is 8.06. The zero-order valence-corrected chi connectivity index (χ0v) is 23.1. The Balaban J connectivity index is 1.06. The van der Waals surface area contributed by atoms with Crippen molar-refractivity contribution < 1.29 is 19.7 Å². The number of aryl methyl sites for hydroxylation is 1. The number of nitrogens with zero attached hydrogens (tertiary/aromatic N) is 3. The fourth-order valence-electron chi connectivity index (χ4n) is 5.04. The molecule has 2 aliphatic rings. The van der Waals surface area contributed by atoms with Crippen LogP contribution in [0, 0.1) is 0 Å². The molecule has 6 rings (SSSR count). The molecule has 10 heteroatoms. The van der Waals surface area contributed by atoms with E-state index >= 15 is 0 Å². The molecule has 0 spiro atoms. The van der Waals surface area contributed by atoms with E-state index in [2.05, 4.69) is 40.0 Å². The summed E-state index contributed by atoms with van der Waals surface area (Å²) in [5.41, 5.74) is 9.20. The van der Waals surface area contributed by atoms with Crippen molar-refractivity contribution in [1.82, 2.24) is 20.1 Å². The smallest absolute Gasteiger partial charge is 0.438 e. The molecule has 1 fully saturated rings. The number of aromatic nitrogens is 1. The second kappa shape index (κ2) is 12.2. The van der Waals surface area contributed by atoms with Gasteiger partial charge in [-0.3, -0.25) is 4.98 Å². The first-order chi connectivity index (χ1) is 20.0. The summed E-state index contributed by atoms with van der Waals surface area (Å²) >= 11 is 1.21. The van der Waals surface area contributed by atoms with Crippen LogP contribution in [0.15, 0.2) is 97.3 Å². The topological polar surface area (TPSA) is 110 Å². The highest BCUT2D eigenvalue weighted by molar-refractivity contribution is 7.98. The number of carbonyl (C=O) groups is 1. The normalized spacial score (nSPS) is 19.0. The molecule has 1 aromatic heterocycles. The minimum Gasteiger partial charge on any atom is -0.489 e. The Morgan fingerprint density at radius 2 is 1.88 bits per heavy atom. The summed E-state index contributed by atoms with van der Waals surface area (Å²) in [4.78, 5) is 15.9. The van der Waals surface area contributed by atoms with Crippen LogP contribution in [0.2, 0.25) is 0 Å². The molecule has 210 valence electrons. The molecular weight excluding hydrogens is 538 g/mol. The van der Waals surface area contributed by atoms with Crippen LogP contribution in [-0.2, 0) is 6.42 Å². The molecule has 0 bridgehead atoms. The summed E-state index contributed by atoms with van der Waals surface area (Å²) in [6.07, 6.45) is 3.60. The number of rotatable bonds is 8. The number of pyridine rings is 1. The number of aliphatic hydroxyl groups is 1. The lowest BCUT2D eigenvalue weighted by Crippen LogP contribution is -2.43. The van der Waals surface area contributed by atoms with E-state index in [0.29, 0.717) is 13.1 Å². The Bertz CT molecular complexity index is 1480. The average molecular weight is 570 g/mol. The van der Waals surface area contributed by atoms with Gasteiger partial charge in [0.25, 0.3) is 0 Å². The number of para-hydroxylation sites is 1. The lowest BCUT2D eigenvalue weighted by atomic mass is 9.96. The minimum atomic E-state index is -1.04. The van der Waals surface area contributed by atoms with Crippen LogP contribution in [0.1, 0.15) is 34.6 Å². The van der Waals surface area contributed by atoms with Gasteiger partial charge < -0.3 is 20.3 Å². The molecule has 1 amide bonds. The molecule has 9 nitrogen and oxygen atoms in total. The van der Waals surface area contributed by atoms with Gasteiger partial charge >= 0.3 is 6.09 Å². The van der Waals surface area contributed by atoms with Crippen molar-refractivity contribution in [2.45, 2.75) is 30.4 Å². The molecule has 2 aliphatic heterocycles. The van der Waals surface area contributed by atoms with Crippen molar-refractivity contribution >= 4 is 23.7 Å². The first-order valence-corrected chi connectivity index (χ1v) is 14.4. The van der Waals surface area contributed by atoms with Gasteiger partial charge in [-0.25, -0.2) is 9.91 Å². The Morgan fingerprint density at radius 3 is 2.63 bits per heavy atom. The van der Waals surface area contributed by atoms with Crippen molar-refractivity contribution in [3.05, 3.63) is 114 Å². The molecule has 4 N–H and O–H groups in total. The van der Waals surface area contributed by atoms with Crippen LogP contribution < -0.4 is 20.6 Å². The van der Waals surface area contributed by atoms with Crippen molar-refractivity contribution in [1.29, 1.82) is 0 Å². The van der Waals surface area contributed by atoms with Crippen LogP contribution in [0.4, 0.5) is 10.5 Å².